The summed E-state index contributed by atoms with van der Waals surface area (Å²) in [5, 5.41) is 12.6. The minimum Gasteiger partial charge on any atom is -0.467 e. The van der Waals surface area contributed by atoms with E-state index in [2.05, 4.69) is 5.32 Å². The standard InChI is InChI=1S/C15H23NO3/c17-13(14-6-3-11-19-14)9-10-16-15(18)8-7-12-4-1-2-5-12/h3,6,11-13,17H,1-2,4-5,7-10H2,(H,16,18). The summed E-state index contributed by atoms with van der Waals surface area (Å²) in [6.07, 6.45) is 8.22. The maximum atomic E-state index is 11.7. The van der Waals surface area contributed by atoms with E-state index >= 15 is 0 Å². The summed E-state index contributed by atoms with van der Waals surface area (Å²) in [4.78, 5) is 11.7. The van der Waals surface area contributed by atoms with Gasteiger partial charge in [0.25, 0.3) is 0 Å². The lowest BCUT2D eigenvalue weighted by Gasteiger charge is -2.10. The monoisotopic (exact) mass is 265 g/mol. The summed E-state index contributed by atoms with van der Waals surface area (Å²) in [7, 11) is 0. The van der Waals surface area contributed by atoms with Gasteiger partial charge in [-0.2, -0.15) is 0 Å². The number of aliphatic hydroxyl groups excluding tert-OH is 1. The molecule has 1 amide bonds. The fraction of sp³-hybridized carbons (Fsp3) is 0.667. The number of carbonyl (C=O) groups excluding carboxylic acids is 1. The van der Waals surface area contributed by atoms with Crippen LogP contribution in [0.1, 0.15) is 56.8 Å². The maximum Gasteiger partial charge on any atom is 0.220 e. The number of furan rings is 1. The average Bonchev–Trinajstić information content (AvgIpc) is 3.09. The first kappa shape index (κ1) is 14.1. The fourth-order valence-electron chi connectivity index (χ4n) is 2.69. The van der Waals surface area contributed by atoms with Crippen LogP contribution in [0.4, 0.5) is 0 Å². The Hall–Kier alpha value is -1.29. The zero-order chi connectivity index (χ0) is 13.5. The quantitative estimate of drug-likeness (QED) is 0.797. The SMILES string of the molecule is O=C(CCC1CCCC1)NCCC(O)c1ccco1. The van der Waals surface area contributed by atoms with E-state index in [-0.39, 0.29) is 5.91 Å². The Morgan fingerprint density at radius 2 is 2.26 bits per heavy atom. The predicted molar refractivity (Wildman–Crippen MR) is 72.5 cm³/mol. The van der Waals surface area contributed by atoms with Crippen molar-refractivity contribution in [2.45, 2.75) is 51.0 Å². The van der Waals surface area contributed by atoms with E-state index in [1.165, 1.54) is 25.7 Å². The third-order valence-corrected chi connectivity index (χ3v) is 3.87. The van der Waals surface area contributed by atoms with Gasteiger partial charge in [-0.05, 0) is 30.9 Å². The molecule has 4 nitrogen and oxygen atoms in total. The van der Waals surface area contributed by atoms with Gasteiger partial charge in [-0.3, -0.25) is 4.79 Å². The molecule has 1 aromatic heterocycles. The van der Waals surface area contributed by atoms with Gasteiger partial charge < -0.3 is 14.8 Å². The highest BCUT2D eigenvalue weighted by atomic mass is 16.4. The molecule has 0 aromatic carbocycles. The number of aliphatic hydroxyl groups is 1. The largest absolute Gasteiger partial charge is 0.467 e. The van der Waals surface area contributed by atoms with Crippen molar-refractivity contribution in [3.63, 3.8) is 0 Å². The molecule has 1 aromatic rings. The number of nitrogens with one attached hydrogen (secondary N) is 1. The molecular formula is C15H23NO3. The van der Waals surface area contributed by atoms with Gasteiger partial charge in [0.15, 0.2) is 0 Å². The van der Waals surface area contributed by atoms with E-state index in [4.69, 9.17) is 4.42 Å². The molecule has 0 spiro atoms. The van der Waals surface area contributed by atoms with Crippen molar-refractivity contribution < 1.29 is 14.3 Å². The molecule has 2 rings (SSSR count). The number of amides is 1. The summed E-state index contributed by atoms with van der Waals surface area (Å²) >= 11 is 0. The van der Waals surface area contributed by atoms with Crippen molar-refractivity contribution in [1.82, 2.24) is 5.32 Å². The molecule has 1 atom stereocenters. The molecule has 106 valence electrons. The zero-order valence-electron chi connectivity index (χ0n) is 11.3. The van der Waals surface area contributed by atoms with Crippen LogP contribution in [0.3, 0.4) is 0 Å². The van der Waals surface area contributed by atoms with Crippen molar-refractivity contribution in [2.75, 3.05) is 6.54 Å². The zero-order valence-corrected chi connectivity index (χ0v) is 11.3. The molecule has 1 heterocycles. The molecule has 19 heavy (non-hydrogen) atoms. The third kappa shape index (κ3) is 4.71. The Labute approximate surface area is 114 Å². The molecule has 1 aliphatic rings. The van der Waals surface area contributed by atoms with E-state index < -0.39 is 6.10 Å². The first-order valence-electron chi connectivity index (χ1n) is 7.24. The molecule has 1 fully saturated rings. The van der Waals surface area contributed by atoms with Gasteiger partial charge in [-0.15, -0.1) is 0 Å². The second-order valence-electron chi connectivity index (χ2n) is 5.36. The Kier molecular flexibility index (Phi) is 5.45. The minimum absolute atomic E-state index is 0.0959. The first-order chi connectivity index (χ1) is 9.25. The van der Waals surface area contributed by atoms with E-state index in [0.29, 0.717) is 25.1 Å². The second-order valence-corrected chi connectivity index (χ2v) is 5.36. The maximum absolute atomic E-state index is 11.7. The van der Waals surface area contributed by atoms with Crippen molar-refractivity contribution in [2.24, 2.45) is 5.92 Å². The number of hydrogen-bond donors (Lipinski definition) is 2. The normalized spacial score (nSPS) is 17.5. The van der Waals surface area contributed by atoms with Gasteiger partial charge in [0.1, 0.15) is 11.9 Å². The molecule has 1 aliphatic carbocycles. The van der Waals surface area contributed by atoms with Gasteiger partial charge in [-0.25, -0.2) is 0 Å². The van der Waals surface area contributed by atoms with E-state index in [0.717, 1.165) is 12.3 Å². The molecule has 4 heteroatoms. The van der Waals surface area contributed by atoms with Crippen LogP contribution in [0, 0.1) is 5.92 Å². The molecule has 1 unspecified atom stereocenters. The van der Waals surface area contributed by atoms with Gasteiger partial charge >= 0.3 is 0 Å². The Balaban J connectivity index is 1.56. The molecule has 0 radical (unpaired) electrons. The van der Waals surface area contributed by atoms with E-state index in [1.807, 2.05) is 0 Å². The van der Waals surface area contributed by atoms with Crippen LogP contribution in [0.2, 0.25) is 0 Å². The average molecular weight is 265 g/mol. The van der Waals surface area contributed by atoms with Crippen molar-refractivity contribution in [3.05, 3.63) is 24.2 Å². The molecule has 0 bridgehead atoms. The van der Waals surface area contributed by atoms with Gasteiger partial charge in [0.2, 0.25) is 5.91 Å². The molecular weight excluding hydrogens is 242 g/mol. The summed E-state index contributed by atoms with van der Waals surface area (Å²) < 4.78 is 5.11. The second kappa shape index (κ2) is 7.34. The summed E-state index contributed by atoms with van der Waals surface area (Å²) in [6.45, 7) is 0.491. The fourth-order valence-corrected chi connectivity index (χ4v) is 2.69. The number of carbonyl (C=O) groups is 1. The molecule has 2 N–H and O–H groups in total. The van der Waals surface area contributed by atoms with Crippen LogP contribution in [-0.4, -0.2) is 17.6 Å². The Morgan fingerprint density at radius 1 is 1.47 bits per heavy atom. The van der Waals surface area contributed by atoms with Crippen LogP contribution in [0.15, 0.2) is 22.8 Å². The van der Waals surface area contributed by atoms with E-state index in [9.17, 15) is 9.90 Å². The highest BCUT2D eigenvalue weighted by Crippen LogP contribution is 2.28. The Bertz CT molecular complexity index is 369. The van der Waals surface area contributed by atoms with E-state index in [1.54, 1.807) is 18.4 Å². The Morgan fingerprint density at radius 3 is 2.95 bits per heavy atom. The van der Waals surface area contributed by atoms with Crippen LogP contribution >= 0.6 is 0 Å². The predicted octanol–water partition coefficient (Wildman–Crippen LogP) is 2.79. The lowest BCUT2D eigenvalue weighted by atomic mass is 10.0. The first-order valence-corrected chi connectivity index (χ1v) is 7.24. The summed E-state index contributed by atoms with van der Waals surface area (Å²) in [5.41, 5.74) is 0. The molecule has 0 saturated heterocycles. The summed E-state index contributed by atoms with van der Waals surface area (Å²) in [6, 6.07) is 3.49. The van der Waals surface area contributed by atoms with Crippen LogP contribution in [0.5, 0.6) is 0 Å². The van der Waals surface area contributed by atoms with Gasteiger partial charge in [0, 0.05) is 13.0 Å². The van der Waals surface area contributed by atoms with Gasteiger partial charge in [0.05, 0.1) is 6.26 Å². The third-order valence-electron chi connectivity index (χ3n) is 3.87. The number of hydrogen-bond acceptors (Lipinski definition) is 3. The number of rotatable bonds is 7. The molecule has 0 aliphatic heterocycles. The topological polar surface area (TPSA) is 62.5 Å². The lowest BCUT2D eigenvalue weighted by Crippen LogP contribution is -2.25. The van der Waals surface area contributed by atoms with Crippen molar-refractivity contribution in [1.29, 1.82) is 0 Å². The summed E-state index contributed by atoms with van der Waals surface area (Å²) in [5.74, 6) is 1.40. The highest BCUT2D eigenvalue weighted by Gasteiger charge is 2.16. The molecule has 1 saturated carbocycles. The van der Waals surface area contributed by atoms with Crippen LogP contribution in [-0.2, 0) is 4.79 Å². The van der Waals surface area contributed by atoms with Crippen molar-refractivity contribution >= 4 is 5.91 Å². The van der Waals surface area contributed by atoms with Crippen LogP contribution < -0.4 is 5.32 Å². The van der Waals surface area contributed by atoms with Crippen molar-refractivity contribution in [3.8, 4) is 0 Å². The van der Waals surface area contributed by atoms with Crippen LogP contribution in [0.25, 0.3) is 0 Å². The van der Waals surface area contributed by atoms with Gasteiger partial charge in [-0.1, -0.05) is 25.7 Å². The highest BCUT2D eigenvalue weighted by molar-refractivity contribution is 5.75. The minimum atomic E-state index is -0.634. The smallest absolute Gasteiger partial charge is 0.220 e. The lowest BCUT2D eigenvalue weighted by molar-refractivity contribution is -0.121.